The Morgan fingerprint density at radius 3 is 2.55 bits per heavy atom. The molecule has 9 heteroatoms. The number of piperazine rings is 1. The van der Waals surface area contributed by atoms with Crippen LogP contribution in [0.1, 0.15) is 58.1 Å². The van der Waals surface area contributed by atoms with Crippen LogP contribution in [0.5, 0.6) is 5.75 Å². The van der Waals surface area contributed by atoms with Crippen LogP contribution in [0.3, 0.4) is 0 Å². The molecule has 0 amide bonds. The first kappa shape index (κ1) is 26.1. The van der Waals surface area contributed by atoms with Crippen LogP contribution in [0.2, 0.25) is 0 Å². The highest BCUT2D eigenvalue weighted by molar-refractivity contribution is 5.87. The third-order valence-electron chi connectivity index (χ3n) is 8.09. The minimum absolute atomic E-state index is 0.0469. The van der Waals surface area contributed by atoms with E-state index in [-0.39, 0.29) is 35.5 Å². The topological polar surface area (TPSA) is 67.9 Å². The molecule has 1 saturated heterocycles. The van der Waals surface area contributed by atoms with Crippen molar-refractivity contribution in [2.75, 3.05) is 24.6 Å². The van der Waals surface area contributed by atoms with Crippen LogP contribution in [0.15, 0.2) is 35.1 Å². The zero-order chi connectivity index (χ0) is 27.0. The molecule has 0 N–H and O–H groups in total. The minimum Gasteiger partial charge on any atom is -0.493 e. The van der Waals surface area contributed by atoms with Crippen molar-refractivity contribution in [2.24, 2.45) is 13.0 Å². The molecule has 3 heterocycles. The molecule has 5 rings (SSSR count). The quantitative estimate of drug-likeness (QED) is 0.380. The molecule has 0 spiro atoms. The molecule has 1 aromatic carbocycles. The van der Waals surface area contributed by atoms with Gasteiger partial charge < -0.3 is 14.5 Å². The van der Waals surface area contributed by atoms with Crippen LogP contribution in [-0.4, -0.2) is 51.2 Å². The molecule has 0 bridgehead atoms. The summed E-state index contributed by atoms with van der Waals surface area (Å²) in [4.78, 5) is 29.8. The fourth-order valence-electron chi connectivity index (χ4n) is 5.49. The fourth-order valence-corrected chi connectivity index (χ4v) is 5.49. The van der Waals surface area contributed by atoms with E-state index >= 15 is 4.39 Å². The molecule has 3 atom stereocenters. The van der Waals surface area contributed by atoms with Gasteiger partial charge in [0.25, 0.3) is 5.82 Å². The average Bonchev–Trinajstić information content (AvgIpc) is 3.77. The Bertz CT molecular complexity index is 1430. The molecule has 200 valence electrons. The lowest BCUT2D eigenvalue weighted by molar-refractivity contribution is 0.0989. The number of rotatable bonds is 8. The summed E-state index contributed by atoms with van der Waals surface area (Å²) in [7, 11) is 1.67. The van der Waals surface area contributed by atoms with Gasteiger partial charge in [-0.25, -0.2) is 9.18 Å². The minimum atomic E-state index is -0.352. The lowest BCUT2D eigenvalue weighted by atomic mass is 9.96. The fraction of sp³-hybridized carbons (Fsp3) is 0.517. The summed E-state index contributed by atoms with van der Waals surface area (Å²) >= 11 is 0. The summed E-state index contributed by atoms with van der Waals surface area (Å²) in [5.74, 6) is 1.75. The third-order valence-corrected chi connectivity index (χ3v) is 8.09. The smallest absolute Gasteiger partial charge is 0.350 e. The second-order valence-electron chi connectivity index (χ2n) is 10.5. The molecule has 1 aliphatic heterocycles. The van der Waals surface area contributed by atoms with Crippen molar-refractivity contribution in [2.45, 2.75) is 64.6 Å². The monoisotopic (exact) mass is 518 g/mol. The molecule has 8 nitrogen and oxygen atoms in total. The van der Waals surface area contributed by atoms with Gasteiger partial charge >= 0.3 is 5.69 Å². The van der Waals surface area contributed by atoms with Gasteiger partial charge in [-0.05, 0) is 56.7 Å². The summed E-state index contributed by atoms with van der Waals surface area (Å²) in [5.41, 5.74) is 1.51. The molecular weight excluding hydrogens is 483 g/mol. The van der Waals surface area contributed by atoms with Crippen molar-refractivity contribution in [3.8, 4) is 5.75 Å². The van der Waals surface area contributed by atoms with E-state index in [9.17, 15) is 4.79 Å². The van der Waals surface area contributed by atoms with E-state index in [4.69, 9.17) is 11.3 Å². The number of benzene rings is 1. The van der Waals surface area contributed by atoms with Crippen molar-refractivity contribution in [1.29, 1.82) is 0 Å². The van der Waals surface area contributed by atoms with Gasteiger partial charge in [-0.3, -0.25) is 9.47 Å². The summed E-state index contributed by atoms with van der Waals surface area (Å²) in [5, 5.41) is 0. The van der Waals surface area contributed by atoms with E-state index in [0.29, 0.717) is 53.8 Å². The SMILES string of the molecule is [C-]#[N+]c1ccc2c(n1)c(N1C[C@@H](CC)N(C(C)c3ccc(OCC4CC4)cc3F)C[C@@H]1CC)nc(=O)n2C. The number of fused-ring (bicyclic) bond motifs is 1. The maximum atomic E-state index is 15.3. The maximum absolute atomic E-state index is 15.3. The normalized spacial score (nSPS) is 20.9. The molecule has 2 aliphatic rings. The first-order valence-corrected chi connectivity index (χ1v) is 13.5. The highest BCUT2D eigenvalue weighted by Gasteiger charge is 2.38. The van der Waals surface area contributed by atoms with Crippen LogP contribution in [-0.2, 0) is 7.05 Å². The molecule has 38 heavy (non-hydrogen) atoms. The number of pyridine rings is 1. The van der Waals surface area contributed by atoms with Crippen LogP contribution < -0.4 is 15.3 Å². The number of anilines is 1. The molecule has 1 unspecified atom stereocenters. The number of halogens is 1. The second kappa shape index (κ2) is 10.7. The van der Waals surface area contributed by atoms with Gasteiger partial charge in [-0.2, -0.15) is 4.98 Å². The number of hydrogen-bond acceptors (Lipinski definition) is 6. The predicted molar refractivity (Wildman–Crippen MR) is 146 cm³/mol. The number of nitrogens with zero attached hydrogens (tertiary/aromatic N) is 6. The molecule has 2 fully saturated rings. The molecule has 0 radical (unpaired) electrons. The van der Waals surface area contributed by atoms with Crippen LogP contribution in [0, 0.1) is 18.3 Å². The van der Waals surface area contributed by atoms with E-state index in [1.54, 1.807) is 19.2 Å². The van der Waals surface area contributed by atoms with Gasteiger partial charge in [0.05, 0.1) is 12.1 Å². The van der Waals surface area contributed by atoms with E-state index < -0.39 is 0 Å². The van der Waals surface area contributed by atoms with Gasteiger partial charge in [0.2, 0.25) is 5.52 Å². The van der Waals surface area contributed by atoms with E-state index in [1.165, 1.54) is 23.5 Å². The third kappa shape index (κ3) is 4.97. The Morgan fingerprint density at radius 1 is 1.13 bits per heavy atom. The molecule has 1 aliphatic carbocycles. The molecular formula is C29H35FN6O2. The van der Waals surface area contributed by atoms with Crippen LogP contribution >= 0.6 is 0 Å². The Hall–Kier alpha value is -3.51. The lowest BCUT2D eigenvalue weighted by Gasteiger charge is -2.49. The average molecular weight is 519 g/mol. The van der Waals surface area contributed by atoms with Gasteiger partial charge in [0.15, 0.2) is 5.82 Å². The second-order valence-corrected chi connectivity index (χ2v) is 10.5. The van der Waals surface area contributed by atoms with Crippen molar-refractivity contribution in [1.82, 2.24) is 19.4 Å². The summed E-state index contributed by atoms with van der Waals surface area (Å²) in [6.45, 7) is 15.7. The maximum Gasteiger partial charge on any atom is 0.350 e. The Balaban J connectivity index is 1.45. The number of hydrogen-bond donors (Lipinski definition) is 0. The summed E-state index contributed by atoms with van der Waals surface area (Å²) in [6.07, 6.45) is 4.06. The zero-order valence-corrected chi connectivity index (χ0v) is 22.5. The van der Waals surface area contributed by atoms with E-state index in [0.717, 1.165) is 12.8 Å². The van der Waals surface area contributed by atoms with Gasteiger partial charge in [0, 0.05) is 49.9 Å². The van der Waals surface area contributed by atoms with Crippen LogP contribution in [0.4, 0.5) is 16.0 Å². The van der Waals surface area contributed by atoms with Crippen molar-refractivity contribution in [3.05, 3.63) is 63.6 Å². The van der Waals surface area contributed by atoms with E-state index in [1.807, 2.05) is 12.1 Å². The first-order chi connectivity index (χ1) is 18.3. The first-order valence-electron chi connectivity index (χ1n) is 13.5. The summed E-state index contributed by atoms with van der Waals surface area (Å²) < 4.78 is 22.5. The lowest BCUT2D eigenvalue weighted by Crippen LogP contribution is -2.59. The number of aromatic nitrogens is 3. The predicted octanol–water partition coefficient (Wildman–Crippen LogP) is 5.25. The van der Waals surface area contributed by atoms with Crippen molar-refractivity contribution >= 4 is 22.7 Å². The highest BCUT2D eigenvalue weighted by atomic mass is 19.1. The largest absolute Gasteiger partial charge is 0.493 e. The summed E-state index contributed by atoms with van der Waals surface area (Å²) in [6, 6.07) is 8.67. The van der Waals surface area contributed by atoms with Crippen LogP contribution in [0.25, 0.3) is 15.9 Å². The molecule has 2 aromatic heterocycles. The Morgan fingerprint density at radius 2 is 1.89 bits per heavy atom. The molecule has 3 aromatic rings. The van der Waals surface area contributed by atoms with Crippen molar-refractivity contribution < 1.29 is 9.13 Å². The highest BCUT2D eigenvalue weighted by Crippen LogP contribution is 2.35. The standard InChI is InChI=1S/C29H35FN6O2/c1-6-20-16-36(28-27-25(34(5)29(37)33-28)12-13-26(31-4)32-27)21(7-2)15-35(20)18(3)23-11-10-22(14-24(23)30)38-17-19-8-9-19/h10-14,18-21H,6-9,15-17H2,1-3,5H3/t18?,20-,21+/m1/s1. The van der Waals surface area contributed by atoms with Gasteiger partial charge in [-0.15, -0.1) is 4.98 Å². The van der Waals surface area contributed by atoms with Gasteiger partial charge in [0.1, 0.15) is 11.6 Å². The Labute approximate surface area is 222 Å². The van der Waals surface area contributed by atoms with Gasteiger partial charge in [-0.1, -0.05) is 26.5 Å². The van der Waals surface area contributed by atoms with Crippen molar-refractivity contribution in [3.63, 3.8) is 0 Å². The number of ether oxygens (including phenoxy) is 1. The Kier molecular flexibility index (Phi) is 7.35. The van der Waals surface area contributed by atoms with E-state index in [2.05, 4.69) is 45.4 Å². The zero-order valence-electron chi connectivity index (χ0n) is 22.5. The number of aryl methyl sites for hydroxylation is 1. The molecule has 1 saturated carbocycles.